The van der Waals surface area contributed by atoms with E-state index in [1.54, 1.807) is 24.3 Å². The molecule has 4 aromatic rings. The zero-order chi connectivity index (χ0) is 36.4. The highest BCUT2D eigenvalue weighted by atomic mass is 35.5. The Morgan fingerprint density at radius 1 is 0.980 bits per heavy atom. The van der Waals surface area contributed by atoms with Gasteiger partial charge in [-0.25, -0.2) is 8.42 Å². The molecular formula is C36H38Cl2N4O7S. The van der Waals surface area contributed by atoms with Gasteiger partial charge in [-0.1, -0.05) is 91.1 Å². The number of aryl methyl sites for hydroxylation is 1. The number of methoxy groups -OCH3 is 1. The predicted octanol–water partition coefficient (Wildman–Crippen LogP) is 6.97. The number of carbonyl (C=O) groups is 2. The molecular weight excluding hydrogens is 703 g/mol. The number of hydrogen-bond donors (Lipinski definition) is 1. The van der Waals surface area contributed by atoms with Gasteiger partial charge < -0.3 is 15.0 Å². The molecule has 14 heteroatoms. The highest BCUT2D eigenvalue weighted by Crippen LogP contribution is 2.36. The lowest BCUT2D eigenvalue weighted by Gasteiger charge is -2.34. The van der Waals surface area contributed by atoms with E-state index in [0.29, 0.717) is 23.6 Å². The number of benzene rings is 4. The summed E-state index contributed by atoms with van der Waals surface area (Å²) in [5.41, 5.74) is 1.06. The number of nitro benzene ring substituents is 1. The van der Waals surface area contributed by atoms with Gasteiger partial charge in [-0.05, 0) is 54.8 Å². The molecule has 264 valence electrons. The molecule has 0 spiro atoms. The number of unbranched alkanes of at least 4 members (excludes halogenated alkanes) is 1. The van der Waals surface area contributed by atoms with Crippen molar-refractivity contribution in [3.8, 4) is 5.75 Å². The molecule has 0 heterocycles. The molecule has 0 aliphatic rings. The maximum Gasteiger partial charge on any atom is 0.273 e. The van der Waals surface area contributed by atoms with Crippen LogP contribution in [0.1, 0.15) is 36.5 Å². The van der Waals surface area contributed by atoms with E-state index in [4.69, 9.17) is 27.9 Å². The molecule has 1 atom stereocenters. The fourth-order valence-corrected chi connectivity index (χ4v) is 7.11. The van der Waals surface area contributed by atoms with Gasteiger partial charge in [0.25, 0.3) is 15.7 Å². The van der Waals surface area contributed by atoms with Gasteiger partial charge >= 0.3 is 0 Å². The van der Waals surface area contributed by atoms with Crippen LogP contribution in [-0.2, 0) is 32.6 Å². The second kappa shape index (κ2) is 17.3. The lowest BCUT2D eigenvalue weighted by molar-refractivity contribution is -0.385. The first-order valence-electron chi connectivity index (χ1n) is 15.8. The third-order valence-electron chi connectivity index (χ3n) is 8.05. The Bertz CT molecular complexity index is 1940. The largest absolute Gasteiger partial charge is 0.495 e. The number of amides is 2. The van der Waals surface area contributed by atoms with Gasteiger partial charge in [0.05, 0.1) is 22.6 Å². The zero-order valence-corrected chi connectivity index (χ0v) is 30.2. The highest BCUT2D eigenvalue weighted by Gasteiger charge is 2.36. The number of sulfonamides is 1. The second-order valence-corrected chi connectivity index (χ2v) is 14.2. The first-order chi connectivity index (χ1) is 23.9. The SMILES string of the molecule is CCCCNC(=O)[C@@H](Cc1ccccc1)N(Cc1ccccc1Cl)C(=O)CN(c1cc(Cl)ccc1OC)S(=O)(=O)c1ccc(C)c([N+](=O)[O-])c1. The maximum absolute atomic E-state index is 14.7. The monoisotopic (exact) mass is 740 g/mol. The third kappa shape index (κ3) is 9.32. The lowest BCUT2D eigenvalue weighted by Crippen LogP contribution is -2.53. The first kappa shape index (κ1) is 38.2. The average molecular weight is 742 g/mol. The third-order valence-corrected chi connectivity index (χ3v) is 10.4. The summed E-state index contributed by atoms with van der Waals surface area (Å²) in [5.74, 6) is -1.10. The van der Waals surface area contributed by atoms with Crippen molar-refractivity contribution in [1.82, 2.24) is 10.2 Å². The average Bonchev–Trinajstić information content (AvgIpc) is 3.09. The summed E-state index contributed by atoms with van der Waals surface area (Å²) in [4.78, 5) is 40.6. The number of anilines is 1. The smallest absolute Gasteiger partial charge is 0.273 e. The van der Waals surface area contributed by atoms with Crippen LogP contribution in [0.4, 0.5) is 11.4 Å². The molecule has 0 saturated carbocycles. The zero-order valence-electron chi connectivity index (χ0n) is 27.8. The number of nitrogens with zero attached hydrogens (tertiary/aromatic N) is 3. The van der Waals surface area contributed by atoms with Crippen molar-refractivity contribution < 1.29 is 27.7 Å². The molecule has 0 bridgehead atoms. The van der Waals surface area contributed by atoms with Crippen molar-refractivity contribution in [2.75, 3.05) is 24.5 Å². The molecule has 0 aromatic heterocycles. The van der Waals surface area contributed by atoms with Crippen molar-refractivity contribution in [3.63, 3.8) is 0 Å². The Morgan fingerprint density at radius 3 is 2.34 bits per heavy atom. The molecule has 0 radical (unpaired) electrons. The van der Waals surface area contributed by atoms with Crippen LogP contribution in [0.15, 0.2) is 95.9 Å². The Hall–Kier alpha value is -4.65. The van der Waals surface area contributed by atoms with E-state index < -0.39 is 49.9 Å². The Balaban J connectivity index is 1.89. The number of halogens is 2. The molecule has 2 amide bonds. The van der Waals surface area contributed by atoms with Gasteiger partial charge in [-0.2, -0.15) is 0 Å². The number of ether oxygens (including phenoxy) is 1. The number of carbonyl (C=O) groups excluding carboxylic acids is 2. The van der Waals surface area contributed by atoms with Crippen LogP contribution in [0.3, 0.4) is 0 Å². The van der Waals surface area contributed by atoms with Crippen LogP contribution < -0.4 is 14.4 Å². The lowest BCUT2D eigenvalue weighted by atomic mass is 10.0. The minimum absolute atomic E-state index is 0.0724. The fourth-order valence-electron chi connectivity index (χ4n) is 5.32. The number of nitrogens with one attached hydrogen (secondary N) is 1. The highest BCUT2D eigenvalue weighted by molar-refractivity contribution is 7.92. The number of hydrogen-bond acceptors (Lipinski definition) is 7. The molecule has 4 aromatic carbocycles. The van der Waals surface area contributed by atoms with E-state index in [9.17, 15) is 28.1 Å². The van der Waals surface area contributed by atoms with Crippen molar-refractivity contribution in [3.05, 3.63) is 128 Å². The van der Waals surface area contributed by atoms with Crippen LogP contribution in [0.5, 0.6) is 5.75 Å². The summed E-state index contributed by atoms with van der Waals surface area (Å²) in [5, 5.41) is 15.2. The molecule has 50 heavy (non-hydrogen) atoms. The Morgan fingerprint density at radius 2 is 1.68 bits per heavy atom. The van der Waals surface area contributed by atoms with Crippen LogP contribution in [0, 0.1) is 17.0 Å². The molecule has 0 unspecified atom stereocenters. The van der Waals surface area contributed by atoms with Crippen molar-refractivity contribution >= 4 is 56.4 Å². The molecule has 1 N–H and O–H groups in total. The summed E-state index contributed by atoms with van der Waals surface area (Å²) in [7, 11) is -3.36. The van der Waals surface area contributed by atoms with E-state index in [-0.39, 0.29) is 35.0 Å². The van der Waals surface area contributed by atoms with Crippen LogP contribution in [0.2, 0.25) is 10.0 Å². The van der Waals surface area contributed by atoms with E-state index in [1.165, 1.54) is 49.3 Å². The molecule has 11 nitrogen and oxygen atoms in total. The topological polar surface area (TPSA) is 139 Å². The molecule has 0 aliphatic heterocycles. The van der Waals surface area contributed by atoms with E-state index in [2.05, 4.69) is 5.32 Å². The summed E-state index contributed by atoms with van der Waals surface area (Å²) in [6, 6.07) is 22.7. The van der Waals surface area contributed by atoms with Gasteiger partial charge in [-0.15, -0.1) is 0 Å². The Labute approximate surface area is 302 Å². The summed E-state index contributed by atoms with van der Waals surface area (Å²) >= 11 is 12.9. The molecule has 0 fully saturated rings. The number of nitro groups is 1. The number of rotatable bonds is 16. The summed E-state index contributed by atoms with van der Waals surface area (Å²) < 4.78 is 35.2. The maximum atomic E-state index is 14.7. The quantitative estimate of drug-likeness (QED) is 0.0744. The van der Waals surface area contributed by atoms with Crippen LogP contribution >= 0.6 is 23.2 Å². The van der Waals surface area contributed by atoms with Gasteiger partial charge in [0, 0.05) is 41.2 Å². The molecule has 0 saturated heterocycles. The van der Waals surface area contributed by atoms with Gasteiger partial charge in [0.2, 0.25) is 11.8 Å². The van der Waals surface area contributed by atoms with E-state index in [1.807, 2.05) is 37.3 Å². The first-order valence-corrected chi connectivity index (χ1v) is 18.0. The van der Waals surface area contributed by atoms with Crippen molar-refractivity contribution in [2.45, 2.75) is 50.6 Å². The summed E-state index contributed by atoms with van der Waals surface area (Å²) in [6.07, 6.45) is 1.66. The minimum Gasteiger partial charge on any atom is -0.495 e. The van der Waals surface area contributed by atoms with Gasteiger partial charge in [-0.3, -0.25) is 24.0 Å². The van der Waals surface area contributed by atoms with Gasteiger partial charge in [0.15, 0.2) is 0 Å². The minimum atomic E-state index is -4.69. The summed E-state index contributed by atoms with van der Waals surface area (Å²) in [6.45, 7) is 2.90. The Kier molecular flexibility index (Phi) is 13.2. The van der Waals surface area contributed by atoms with E-state index in [0.717, 1.165) is 22.4 Å². The normalized spacial score (nSPS) is 11.8. The van der Waals surface area contributed by atoms with E-state index >= 15 is 0 Å². The molecule has 0 aliphatic carbocycles. The molecule has 4 rings (SSSR count). The fraction of sp³-hybridized carbons (Fsp3) is 0.278. The standard InChI is InChI=1S/C36H38Cl2N4O7S/c1-4-5-19-39-36(44)33(20-26-11-7-6-8-12-26)40(23-27-13-9-10-14-30(27)38)35(43)24-41(32-21-28(37)16-18-34(32)49-3)50(47,48)29-17-15-25(2)31(22-29)42(45)46/h6-18,21-22,33H,4-5,19-20,23-24H2,1-3H3,(H,39,44)/t33-/m1/s1. The van der Waals surface area contributed by atoms with Crippen molar-refractivity contribution in [2.24, 2.45) is 0 Å². The van der Waals surface area contributed by atoms with Gasteiger partial charge in [0.1, 0.15) is 18.3 Å². The predicted molar refractivity (Wildman–Crippen MR) is 194 cm³/mol. The van der Waals surface area contributed by atoms with Crippen molar-refractivity contribution in [1.29, 1.82) is 0 Å². The second-order valence-electron chi connectivity index (χ2n) is 11.5. The van der Waals surface area contributed by atoms with Crippen LogP contribution in [-0.4, -0.2) is 56.3 Å². The van der Waals surface area contributed by atoms with Crippen LogP contribution in [0.25, 0.3) is 0 Å².